The van der Waals surface area contributed by atoms with Crippen LogP contribution < -0.4 is 5.32 Å². The van der Waals surface area contributed by atoms with Crippen LogP contribution in [0.3, 0.4) is 0 Å². The molecule has 0 bridgehead atoms. The molecule has 84 valence electrons. The maximum Gasteiger partial charge on any atom is 0.263 e. The predicted octanol–water partition coefficient (Wildman–Crippen LogP) is 2.10. The van der Waals surface area contributed by atoms with E-state index in [1.54, 1.807) is 12.1 Å². The van der Waals surface area contributed by atoms with E-state index >= 15 is 0 Å². The molecule has 1 rings (SSSR count). The summed E-state index contributed by atoms with van der Waals surface area (Å²) in [5.74, 6) is 0. The summed E-state index contributed by atoms with van der Waals surface area (Å²) in [5.41, 5.74) is 1.02. The van der Waals surface area contributed by atoms with Crippen LogP contribution in [0.2, 0.25) is 0 Å². The summed E-state index contributed by atoms with van der Waals surface area (Å²) in [6.07, 6.45) is -1.70. The van der Waals surface area contributed by atoms with Gasteiger partial charge in [-0.15, -0.1) is 0 Å². The van der Waals surface area contributed by atoms with Crippen LogP contribution in [0, 0.1) is 0 Å². The van der Waals surface area contributed by atoms with Crippen molar-refractivity contribution in [3.05, 3.63) is 35.4 Å². The summed E-state index contributed by atoms with van der Waals surface area (Å²) in [6, 6.07) is 6.25. The van der Waals surface area contributed by atoms with Crippen LogP contribution in [0.4, 0.5) is 8.78 Å². The first-order chi connectivity index (χ1) is 7.24. The fourth-order valence-corrected chi connectivity index (χ4v) is 1.22. The van der Waals surface area contributed by atoms with Gasteiger partial charge >= 0.3 is 0 Å². The Kier molecular flexibility index (Phi) is 5.21. The first-order valence-electron chi connectivity index (χ1n) is 4.92. The minimum Gasteiger partial charge on any atom is -0.396 e. The summed E-state index contributed by atoms with van der Waals surface area (Å²) in [5, 5.41) is 11.6. The van der Waals surface area contributed by atoms with Gasteiger partial charge in [0.05, 0.1) is 0 Å². The van der Waals surface area contributed by atoms with Crippen molar-refractivity contribution < 1.29 is 13.9 Å². The number of rotatable bonds is 6. The maximum atomic E-state index is 12.2. The third-order valence-corrected chi connectivity index (χ3v) is 2.07. The molecule has 0 saturated heterocycles. The molecule has 0 atom stereocenters. The number of aliphatic hydroxyl groups excluding tert-OH is 1. The number of aliphatic hydroxyl groups is 1. The van der Waals surface area contributed by atoms with Crippen LogP contribution in [0.15, 0.2) is 24.3 Å². The highest BCUT2D eigenvalue weighted by atomic mass is 19.3. The van der Waals surface area contributed by atoms with E-state index in [9.17, 15) is 8.78 Å². The average Bonchev–Trinajstić information content (AvgIpc) is 2.25. The van der Waals surface area contributed by atoms with E-state index in [-0.39, 0.29) is 12.2 Å². The fourth-order valence-electron chi connectivity index (χ4n) is 1.22. The van der Waals surface area contributed by atoms with Gasteiger partial charge in [-0.3, -0.25) is 0 Å². The Labute approximate surface area is 87.9 Å². The Hall–Kier alpha value is -1.00. The van der Waals surface area contributed by atoms with E-state index in [0.29, 0.717) is 13.0 Å². The highest BCUT2D eigenvalue weighted by molar-refractivity contribution is 5.23. The van der Waals surface area contributed by atoms with E-state index in [2.05, 4.69) is 5.32 Å². The van der Waals surface area contributed by atoms with Gasteiger partial charge in [0.15, 0.2) is 0 Å². The van der Waals surface area contributed by atoms with Crippen LogP contribution in [0.5, 0.6) is 0 Å². The second-order valence-corrected chi connectivity index (χ2v) is 3.30. The molecule has 0 saturated carbocycles. The SMILES string of the molecule is OCCCNCc1ccc(C(F)F)cc1. The second-order valence-electron chi connectivity index (χ2n) is 3.30. The van der Waals surface area contributed by atoms with Gasteiger partial charge in [-0.25, -0.2) is 8.78 Å². The number of nitrogens with one attached hydrogen (secondary N) is 1. The molecule has 0 spiro atoms. The highest BCUT2D eigenvalue weighted by Gasteiger charge is 2.05. The highest BCUT2D eigenvalue weighted by Crippen LogP contribution is 2.18. The largest absolute Gasteiger partial charge is 0.396 e. The lowest BCUT2D eigenvalue weighted by Crippen LogP contribution is -2.15. The zero-order valence-corrected chi connectivity index (χ0v) is 8.42. The van der Waals surface area contributed by atoms with Crippen LogP contribution in [-0.4, -0.2) is 18.3 Å². The topological polar surface area (TPSA) is 32.3 Å². The molecule has 0 aliphatic rings. The minimum atomic E-state index is -2.40. The molecule has 0 aliphatic carbocycles. The lowest BCUT2D eigenvalue weighted by molar-refractivity contribution is 0.151. The Bertz CT molecular complexity index is 274. The molecule has 0 unspecified atom stereocenters. The quantitative estimate of drug-likeness (QED) is 0.712. The fraction of sp³-hybridized carbons (Fsp3) is 0.455. The summed E-state index contributed by atoms with van der Waals surface area (Å²) in [6.45, 7) is 1.54. The number of alkyl halides is 2. The van der Waals surface area contributed by atoms with E-state index in [1.807, 2.05) is 0 Å². The molecule has 15 heavy (non-hydrogen) atoms. The van der Waals surface area contributed by atoms with E-state index in [4.69, 9.17) is 5.11 Å². The van der Waals surface area contributed by atoms with Crippen molar-refractivity contribution in [3.63, 3.8) is 0 Å². The number of hydrogen-bond acceptors (Lipinski definition) is 2. The molecule has 0 aliphatic heterocycles. The summed E-state index contributed by atoms with van der Waals surface area (Å²) >= 11 is 0. The Morgan fingerprint density at radius 2 is 1.87 bits per heavy atom. The molecule has 1 aromatic carbocycles. The van der Waals surface area contributed by atoms with Crippen molar-refractivity contribution in [1.82, 2.24) is 5.32 Å². The lowest BCUT2D eigenvalue weighted by atomic mass is 10.1. The first kappa shape index (κ1) is 12.1. The van der Waals surface area contributed by atoms with Gasteiger partial charge in [0.25, 0.3) is 6.43 Å². The smallest absolute Gasteiger partial charge is 0.263 e. The third-order valence-electron chi connectivity index (χ3n) is 2.07. The van der Waals surface area contributed by atoms with Crippen molar-refractivity contribution in [2.45, 2.75) is 19.4 Å². The number of benzene rings is 1. The predicted molar refractivity (Wildman–Crippen MR) is 54.8 cm³/mol. The maximum absolute atomic E-state index is 12.2. The van der Waals surface area contributed by atoms with Gasteiger partial charge in [0, 0.05) is 18.7 Å². The Morgan fingerprint density at radius 3 is 2.40 bits per heavy atom. The van der Waals surface area contributed by atoms with Gasteiger partial charge < -0.3 is 10.4 Å². The van der Waals surface area contributed by atoms with Crippen molar-refractivity contribution >= 4 is 0 Å². The normalized spacial score (nSPS) is 10.9. The molecule has 0 aromatic heterocycles. The van der Waals surface area contributed by atoms with Gasteiger partial charge in [0.2, 0.25) is 0 Å². The molecule has 0 radical (unpaired) electrons. The van der Waals surface area contributed by atoms with Crippen molar-refractivity contribution in [1.29, 1.82) is 0 Å². The van der Waals surface area contributed by atoms with Crippen molar-refractivity contribution in [2.75, 3.05) is 13.2 Å². The first-order valence-corrected chi connectivity index (χ1v) is 4.92. The van der Waals surface area contributed by atoms with E-state index < -0.39 is 6.43 Å². The molecule has 0 fully saturated rings. The van der Waals surface area contributed by atoms with Crippen molar-refractivity contribution in [2.24, 2.45) is 0 Å². The molecular formula is C11H15F2NO. The molecule has 2 N–H and O–H groups in total. The molecule has 0 heterocycles. The van der Waals surface area contributed by atoms with Crippen LogP contribution in [-0.2, 0) is 6.54 Å². The zero-order valence-electron chi connectivity index (χ0n) is 8.42. The molecular weight excluding hydrogens is 200 g/mol. The molecule has 2 nitrogen and oxygen atoms in total. The van der Waals surface area contributed by atoms with E-state index in [1.165, 1.54) is 12.1 Å². The third kappa shape index (κ3) is 4.36. The Morgan fingerprint density at radius 1 is 1.20 bits per heavy atom. The van der Waals surface area contributed by atoms with Crippen LogP contribution in [0.1, 0.15) is 24.0 Å². The standard InChI is InChI=1S/C11H15F2NO/c12-11(13)10-4-2-9(3-5-10)8-14-6-1-7-15/h2-5,11,14-15H,1,6-8H2. The van der Waals surface area contributed by atoms with Gasteiger partial charge in [-0.1, -0.05) is 24.3 Å². The molecule has 1 aromatic rings. The molecule has 0 amide bonds. The minimum absolute atomic E-state index is 0.0501. The summed E-state index contributed by atoms with van der Waals surface area (Å²) in [4.78, 5) is 0. The van der Waals surface area contributed by atoms with Crippen LogP contribution in [0.25, 0.3) is 0 Å². The second kappa shape index (κ2) is 6.48. The van der Waals surface area contributed by atoms with Gasteiger partial charge in [0.1, 0.15) is 0 Å². The average molecular weight is 215 g/mol. The summed E-state index contributed by atoms with van der Waals surface area (Å²) < 4.78 is 24.4. The summed E-state index contributed by atoms with van der Waals surface area (Å²) in [7, 11) is 0. The van der Waals surface area contributed by atoms with E-state index in [0.717, 1.165) is 12.1 Å². The lowest BCUT2D eigenvalue weighted by Gasteiger charge is -2.05. The monoisotopic (exact) mass is 215 g/mol. The van der Waals surface area contributed by atoms with Crippen molar-refractivity contribution in [3.8, 4) is 0 Å². The Balaban J connectivity index is 2.36. The number of hydrogen-bond donors (Lipinski definition) is 2. The number of halogens is 2. The van der Waals surface area contributed by atoms with Gasteiger partial charge in [-0.05, 0) is 18.5 Å². The van der Waals surface area contributed by atoms with Crippen LogP contribution >= 0.6 is 0 Å². The zero-order chi connectivity index (χ0) is 11.1. The van der Waals surface area contributed by atoms with Gasteiger partial charge in [-0.2, -0.15) is 0 Å². The molecule has 4 heteroatoms.